The maximum atomic E-state index is 13.0. The van der Waals surface area contributed by atoms with Crippen LogP contribution in [0.25, 0.3) is 6.08 Å². The normalized spacial score (nSPS) is 20.3. The molecule has 0 unspecified atom stereocenters. The number of aliphatic imine (C=N–C) groups is 1. The highest BCUT2D eigenvalue weighted by atomic mass is 32.2. The molecule has 1 N–H and O–H groups in total. The van der Waals surface area contributed by atoms with Crippen LogP contribution in [0.3, 0.4) is 0 Å². The van der Waals surface area contributed by atoms with Crippen LogP contribution < -0.4 is 10.2 Å². The van der Waals surface area contributed by atoms with Gasteiger partial charge < -0.3 is 15.0 Å². The third-order valence-electron chi connectivity index (χ3n) is 4.28. The van der Waals surface area contributed by atoms with E-state index in [1.807, 2.05) is 18.2 Å². The number of hydrogen-bond donors (Lipinski definition) is 1. The fourth-order valence-corrected chi connectivity index (χ4v) is 3.71. The van der Waals surface area contributed by atoms with Crippen molar-refractivity contribution in [3.05, 3.63) is 64.8 Å². The molecule has 0 atom stereocenters. The molecule has 27 heavy (non-hydrogen) atoms. The number of benzene rings is 2. The molecule has 0 spiro atoms. The molecule has 2 aromatic carbocycles. The lowest BCUT2D eigenvalue weighted by molar-refractivity contribution is -0.115. The minimum absolute atomic E-state index is 0.182. The second kappa shape index (κ2) is 7.94. The molecule has 0 bridgehead atoms. The Bertz CT molecular complexity index is 888. The van der Waals surface area contributed by atoms with Crippen molar-refractivity contribution in [3.63, 3.8) is 0 Å². The van der Waals surface area contributed by atoms with Gasteiger partial charge in [0, 0.05) is 18.8 Å². The zero-order valence-electron chi connectivity index (χ0n) is 14.5. The summed E-state index contributed by atoms with van der Waals surface area (Å²) in [4.78, 5) is 19.4. The first-order valence-electron chi connectivity index (χ1n) is 8.65. The number of nitrogens with one attached hydrogen (secondary N) is 1. The standard InChI is InChI=1S/C20H18FN3O2S/c21-15-3-5-16(6-4-15)22-20-23-19(25)18(27-20)13-14-1-7-17(8-2-14)24-9-11-26-12-10-24/h1-8,13H,9-12H2,(H,22,23,25). The van der Waals surface area contributed by atoms with Gasteiger partial charge in [-0.1, -0.05) is 12.1 Å². The topological polar surface area (TPSA) is 53.9 Å². The molecule has 0 saturated carbocycles. The number of anilines is 1. The molecule has 0 radical (unpaired) electrons. The molecule has 0 aromatic heterocycles. The predicted octanol–water partition coefficient (Wildman–Crippen LogP) is 3.55. The summed E-state index contributed by atoms with van der Waals surface area (Å²) in [5.74, 6) is -0.499. The Balaban J connectivity index is 1.47. The second-order valence-electron chi connectivity index (χ2n) is 6.15. The summed E-state index contributed by atoms with van der Waals surface area (Å²) in [7, 11) is 0. The van der Waals surface area contributed by atoms with E-state index in [0.717, 1.165) is 37.6 Å². The summed E-state index contributed by atoms with van der Waals surface area (Å²) in [6.45, 7) is 3.28. The Morgan fingerprint density at radius 3 is 2.48 bits per heavy atom. The number of hydrogen-bond acceptors (Lipinski definition) is 5. The lowest BCUT2D eigenvalue weighted by atomic mass is 10.1. The van der Waals surface area contributed by atoms with Gasteiger partial charge in [-0.2, -0.15) is 0 Å². The average molecular weight is 383 g/mol. The van der Waals surface area contributed by atoms with E-state index in [4.69, 9.17) is 4.74 Å². The highest BCUT2D eigenvalue weighted by Crippen LogP contribution is 2.28. The fraction of sp³-hybridized carbons (Fsp3) is 0.200. The minimum atomic E-state index is -0.317. The van der Waals surface area contributed by atoms with Crippen LogP contribution in [0.1, 0.15) is 5.56 Å². The van der Waals surface area contributed by atoms with Gasteiger partial charge >= 0.3 is 0 Å². The lowest BCUT2D eigenvalue weighted by Gasteiger charge is -2.28. The molecule has 138 valence electrons. The molecule has 2 aromatic rings. The van der Waals surface area contributed by atoms with Crippen LogP contribution in [0.2, 0.25) is 0 Å². The Kier molecular flexibility index (Phi) is 5.22. The van der Waals surface area contributed by atoms with Crippen LogP contribution >= 0.6 is 11.8 Å². The maximum Gasteiger partial charge on any atom is 0.264 e. The summed E-state index contributed by atoms with van der Waals surface area (Å²) < 4.78 is 18.3. The molecule has 0 aliphatic carbocycles. The van der Waals surface area contributed by atoms with Gasteiger partial charge in [0.15, 0.2) is 5.17 Å². The zero-order chi connectivity index (χ0) is 18.6. The smallest absolute Gasteiger partial charge is 0.264 e. The zero-order valence-corrected chi connectivity index (χ0v) is 15.3. The SMILES string of the molecule is O=C1NC(=Nc2ccc(F)cc2)SC1=Cc1ccc(N2CCOCC2)cc1. The third-order valence-corrected chi connectivity index (χ3v) is 5.19. The van der Waals surface area contributed by atoms with E-state index in [1.165, 1.54) is 23.9 Å². The van der Waals surface area contributed by atoms with Gasteiger partial charge in [-0.05, 0) is 59.8 Å². The molecule has 7 heteroatoms. The summed E-state index contributed by atoms with van der Waals surface area (Å²) in [6, 6.07) is 13.9. The van der Waals surface area contributed by atoms with Crippen LogP contribution in [-0.4, -0.2) is 37.4 Å². The van der Waals surface area contributed by atoms with Crippen LogP contribution in [0.4, 0.5) is 15.8 Å². The molecule has 1 amide bonds. The largest absolute Gasteiger partial charge is 0.378 e. The number of carbonyl (C=O) groups excluding carboxylic acids is 1. The monoisotopic (exact) mass is 383 g/mol. The molecule has 4 rings (SSSR count). The molecule has 2 saturated heterocycles. The average Bonchev–Trinajstić information content (AvgIpc) is 3.04. The Hall–Kier alpha value is -2.64. The van der Waals surface area contributed by atoms with Gasteiger partial charge in [0.2, 0.25) is 0 Å². The molecule has 2 aliphatic heterocycles. The first kappa shape index (κ1) is 17.8. The van der Waals surface area contributed by atoms with E-state index in [9.17, 15) is 9.18 Å². The van der Waals surface area contributed by atoms with Gasteiger partial charge in [0.25, 0.3) is 5.91 Å². The summed E-state index contributed by atoms with van der Waals surface area (Å²) >= 11 is 1.27. The Morgan fingerprint density at radius 1 is 1.07 bits per heavy atom. The van der Waals surface area contributed by atoms with Crippen molar-refractivity contribution in [2.24, 2.45) is 4.99 Å². The third kappa shape index (κ3) is 4.37. The van der Waals surface area contributed by atoms with Crippen molar-refractivity contribution in [1.29, 1.82) is 0 Å². The number of morpholine rings is 1. The molecule has 2 heterocycles. The number of amides is 1. The van der Waals surface area contributed by atoms with Crippen LogP contribution in [0.5, 0.6) is 0 Å². The highest BCUT2D eigenvalue weighted by Gasteiger charge is 2.23. The molecular formula is C20H18FN3O2S. The summed E-state index contributed by atoms with van der Waals surface area (Å²) in [5, 5.41) is 3.23. The van der Waals surface area contributed by atoms with E-state index in [0.29, 0.717) is 15.8 Å². The predicted molar refractivity (Wildman–Crippen MR) is 107 cm³/mol. The van der Waals surface area contributed by atoms with E-state index >= 15 is 0 Å². The quantitative estimate of drug-likeness (QED) is 0.824. The van der Waals surface area contributed by atoms with E-state index < -0.39 is 0 Å². The number of thioether (sulfide) groups is 1. The fourth-order valence-electron chi connectivity index (χ4n) is 2.87. The number of carbonyl (C=O) groups is 1. The Labute approximate surface area is 160 Å². The number of nitrogens with zero attached hydrogens (tertiary/aromatic N) is 2. The summed E-state index contributed by atoms with van der Waals surface area (Å²) in [6.07, 6.45) is 1.84. The van der Waals surface area contributed by atoms with Crippen molar-refractivity contribution in [3.8, 4) is 0 Å². The van der Waals surface area contributed by atoms with E-state index in [1.54, 1.807) is 12.1 Å². The number of amidine groups is 1. The van der Waals surface area contributed by atoms with Gasteiger partial charge in [-0.3, -0.25) is 4.79 Å². The maximum absolute atomic E-state index is 13.0. The van der Waals surface area contributed by atoms with Gasteiger partial charge in [-0.25, -0.2) is 9.38 Å². The highest BCUT2D eigenvalue weighted by molar-refractivity contribution is 8.18. The molecule has 5 nitrogen and oxygen atoms in total. The molecule has 2 fully saturated rings. The Morgan fingerprint density at radius 2 is 1.78 bits per heavy atom. The van der Waals surface area contributed by atoms with Crippen LogP contribution in [0, 0.1) is 5.82 Å². The van der Waals surface area contributed by atoms with Gasteiger partial charge in [-0.15, -0.1) is 0 Å². The van der Waals surface area contributed by atoms with Gasteiger partial charge in [0.05, 0.1) is 23.8 Å². The van der Waals surface area contributed by atoms with Crippen LogP contribution in [-0.2, 0) is 9.53 Å². The van der Waals surface area contributed by atoms with E-state index in [2.05, 4.69) is 27.3 Å². The first-order chi connectivity index (χ1) is 13.2. The number of halogens is 1. The lowest BCUT2D eigenvalue weighted by Crippen LogP contribution is -2.36. The van der Waals surface area contributed by atoms with Gasteiger partial charge in [0.1, 0.15) is 5.82 Å². The molecule has 2 aliphatic rings. The number of ether oxygens (including phenoxy) is 1. The second-order valence-corrected chi connectivity index (χ2v) is 7.18. The van der Waals surface area contributed by atoms with Crippen molar-refractivity contribution < 1.29 is 13.9 Å². The van der Waals surface area contributed by atoms with Crippen molar-refractivity contribution in [1.82, 2.24) is 5.32 Å². The first-order valence-corrected chi connectivity index (χ1v) is 9.47. The van der Waals surface area contributed by atoms with E-state index in [-0.39, 0.29) is 11.7 Å². The minimum Gasteiger partial charge on any atom is -0.378 e. The van der Waals surface area contributed by atoms with Crippen molar-refractivity contribution >= 4 is 40.3 Å². The van der Waals surface area contributed by atoms with Crippen LogP contribution in [0.15, 0.2) is 58.4 Å². The number of rotatable bonds is 3. The van der Waals surface area contributed by atoms with Crippen molar-refractivity contribution in [2.75, 3.05) is 31.2 Å². The van der Waals surface area contributed by atoms with Crippen molar-refractivity contribution in [2.45, 2.75) is 0 Å². The summed E-state index contributed by atoms with van der Waals surface area (Å²) in [5.41, 5.74) is 2.70. The molecular weight excluding hydrogens is 365 g/mol.